The van der Waals surface area contributed by atoms with Gasteiger partial charge in [-0.2, -0.15) is 13.2 Å². The number of alkyl halides is 6. The number of hydrogen-bond acceptors (Lipinski definition) is 3. The minimum Gasteiger partial charge on any atom is -0.481 e. The van der Waals surface area contributed by atoms with Gasteiger partial charge in [-0.05, 0) is 22.6 Å². The predicted molar refractivity (Wildman–Crippen MR) is 60.0 cm³/mol. The van der Waals surface area contributed by atoms with Crippen molar-refractivity contribution in [3.8, 4) is 5.75 Å². The molecule has 112 valence electrons. The number of aliphatic carboxylic acids is 1. The predicted octanol–water partition coefficient (Wildman–Crippen LogP) is 3.23. The molecule has 0 amide bonds. The molecule has 1 aromatic heterocycles. The highest BCUT2D eigenvalue weighted by Crippen LogP contribution is 2.37. The smallest absolute Gasteiger partial charge is 0.481 e. The largest absolute Gasteiger partial charge is 0.573 e. The number of carboxylic acid groups (broad SMARTS) is 1. The lowest BCUT2D eigenvalue weighted by molar-refractivity contribution is -0.275. The fourth-order valence-electron chi connectivity index (χ4n) is 1.19. The molecule has 1 aromatic rings. The van der Waals surface area contributed by atoms with Crippen LogP contribution >= 0.6 is 22.6 Å². The van der Waals surface area contributed by atoms with Crippen LogP contribution in [0, 0.1) is 3.57 Å². The Bertz CT molecular complexity index is 528. The third-order valence-electron chi connectivity index (χ3n) is 1.80. The summed E-state index contributed by atoms with van der Waals surface area (Å²) >= 11 is 1.00. The minimum absolute atomic E-state index is 0.513. The van der Waals surface area contributed by atoms with Gasteiger partial charge >= 0.3 is 18.5 Å². The summed E-state index contributed by atoms with van der Waals surface area (Å²) in [6.45, 7) is 0. The van der Waals surface area contributed by atoms with Gasteiger partial charge in [-0.25, -0.2) is 4.98 Å². The average molecular weight is 415 g/mol. The van der Waals surface area contributed by atoms with Crippen molar-refractivity contribution < 1.29 is 41.0 Å². The summed E-state index contributed by atoms with van der Waals surface area (Å²) in [5, 5.41) is 8.47. The Morgan fingerprint density at radius 1 is 1.30 bits per heavy atom. The second kappa shape index (κ2) is 5.61. The molecule has 0 saturated heterocycles. The molecule has 0 aliphatic rings. The Balaban J connectivity index is 3.38. The van der Waals surface area contributed by atoms with Crippen LogP contribution in [-0.4, -0.2) is 22.4 Å². The number of hydrogen-bond donors (Lipinski definition) is 1. The number of ether oxygens (including phenoxy) is 1. The lowest BCUT2D eigenvalue weighted by atomic mass is 10.2. The molecular weight excluding hydrogens is 411 g/mol. The van der Waals surface area contributed by atoms with Gasteiger partial charge in [0.15, 0.2) is 5.69 Å². The van der Waals surface area contributed by atoms with E-state index in [9.17, 15) is 31.1 Å². The Labute approximate surface area is 120 Å². The molecule has 0 aliphatic heterocycles. The van der Waals surface area contributed by atoms with Crippen molar-refractivity contribution in [2.24, 2.45) is 0 Å². The van der Waals surface area contributed by atoms with Gasteiger partial charge in [-0.15, -0.1) is 13.2 Å². The molecule has 0 radical (unpaired) electrons. The zero-order valence-corrected chi connectivity index (χ0v) is 11.3. The van der Waals surface area contributed by atoms with Crippen LogP contribution in [0.15, 0.2) is 6.07 Å². The number of aromatic nitrogens is 1. The quantitative estimate of drug-likeness (QED) is 0.609. The van der Waals surface area contributed by atoms with E-state index in [4.69, 9.17) is 5.11 Å². The molecular formula is C9H4F6INO3. The van der Waals surface area contributed by atoms with Crippen LogP contribution in [0.2, 0.25) is 0 Å². The highest BCUT2D eigenvalue weighted by Gasteiger charge is 2.39. The van der Waals surface area contributed by atoms with Crippen LogP contribution in [-0.2, 0) is 17.4 Å². The fourth-order valence-corrected chi connectivity index (χ4v) is 1.88. The number of carboxylic acids is 1. The third-order valence-corrected chi connectivity index (χ3v) is 2.85. The van der Waals surface area contributed by atoms with E-state index in [0.717, 1.165) is 22.6 Å². The number of carbonyl (C=O) groups is 1. The second-order valence-electron chi connectivity index (χ2n) is 3.39. The minimum atomic E-state index is -5.20. The maximum Gasteiger partial charge on any atom is 0.573 e. The summed E-state index contributed by atoms with van der Waals surface area (Å²) in [5.74, 6) is -2.68. The number of pyridine rings is 1. The lowest BCUT2D eigenvalue weighted by Gasteiger charge is -2.15. The lowest BCUT2D eigenvalue weighted by Crippen LogP contribution is -2.21. The van der Waals surface area contributed by atoms with Crippen LogP contribution in [0.4, 0.5) is 26.3 Å². The van der Waals surface area contributed by atoms with E-state index < -0.39 is 45.6 Å². The standard InChI is InChI=1S/C9H4F6INO3/c10-8(11,12)7-6(16)4(20-9(13,14)15)1-3(17-7)2-5(18)19/h1H,2H2,(H,18,19). The van der Waals surface area contributed by atoms with Crippen molar-refractivity contribution in [3.05, 3.63) is 21.0 Å². The molecule has 0 atom stereocenters. The van der Waals surface area contributed by atoms with Crippen molar-refractivity contribution in [1.29, 1.82) is 0 Å². The summed E-state index contributed by atoms with van der Waals surface area (Å²) in [7, 11) is 0. The van der Waals surface area contributed by atoms with Crippen LogP contribution in [0.25, 0.3) is 0 Å². The first-order valence-electron chi connectivity index (χ1n) is 4.64. The van der Waals surface area contributed by atoms with E-state index in [-0.39, 0.29) is 0 Å². The van der Waals surface area contributed by atoms with Gasteiger partial charge < -0.3 is 9.84 Å². The molecule has 0 fully saturated rings. The molecule has 0 unspecified atom stereocenters. The molecule has 1 N–H and O–H groups in total. The summed E-state index contributed by atoms with van der Waals surface area (Å²) in [4.78, 5) is 13.4. The van der Waals surface area contributed by atoms with Gasteiger partial charge in [-0.3, -0.25) is 4.79 Å². The van der Waals surface area contributed by atoms with Gasteiger partial charge in [0.05, 0.1) is 15.7 Å². The van der Waals surface area contributed by atoms with E-state index in [2.05, 4.69) is 9.72 Å². The van der Waals surface area contributed by atoms with E-state index in [0.29, 0.717) is 6.07 Å². The van der Waals surface area contributed by atoms with E-state index in [1.54, 1.807) is 0 Å². The zero-order valence-electron chi connectivity index (χ0n) is 9.14. The van der Waals surface area contributed by atoms with Crippen molar-refractivity contribution in [2.45, 2.75) is 19.0 Å². The monoisotopic (exact) mass is 415 g/mol. The molecule has 1 rings (SSSR count). The van der Waals surface area contributed by atoms with Crippen LogP contribution in [0.1, 0.15) is 11.4 Å². The highest BCUT2D eigenvalue weighted by molar-refractivity contribution is 14.1. The molecule has 0 spiro atoms. The van der Waals surface area contributed by atoms with Crippen LogP contribution in [0.3, 0.4) is 0 Å². The third kappa shape index (κ3) is 4.68. The molecule has 0 aromatic carbocycles. The number of halogens is 7. The van der Waals surface area contributed by atoms with Gasteiger partial charge in [-0.1, -0.05) is 0 Å². The first kappa shape index (κ1) is 16.8. The number of nitrogens with zero attached hydrogens (tertiary/aromatic N) is 1. The van der Waals surface area contributed by atoms with Gasteiger partial charge in [0.1, 0.15) is 5.75 Å². The molecule has 0 aliphatic carbocycles. The van der Waals surface area contributed by atoms with Crippen molar-refractivity contribution in [3.63, 3.8) is 0 Å². The van der Waals surface area contributed by atoms with Crippen molar-refractivity contribution in [1.82, 2.24) is 4.98 Å². The fraction of sp³-hybridized carbons (Fsp3) is 0.333. The highest BCUT2D eigenvalue weighted by atomic mass is 127. The molecule has 0 bridgehead atoms. The Morgan fingerprint density at radius 3 is 2.25 bits per heavy atom. The Morgan fingerprint density at radius 2 is 1.85 bits per heavy atom. The van der Waals surface area contributed by atoms with Crippen molar-refractivity contribution >= 4 is 28.6 Å². The SMILES string of the molecule is O=C(O)Cc1cc(OC(F)(F)F)c(I)c(C(F)(F)F)n1. The van der Waals surface area contributed by atoms with Crippen molar-refractivity contribution in [2.75, 3.05) is 0 Å². The molecule has 0 saturated carbocycles. The first-order valence-corrected chi connectivity index (χ1v) is 5.72. The van der Waals surface area contributed by atoms with Gasteiger partial charge in [0, 0.05) is 6.07 Å². The maximum absolute atomic E-state index is 12.6. The molecule has 1 heterocycles. The Kier molecular flexibility index (Phi) is 4.71. The van der Waals surface area contributed by atoms with Crippen LogP contribution in [0.5, 0.6) is 5.75 Å². The van der Waals surface area contributed by atoms with E-state index in [1.165, 1.54) is 0 Å². The molecule has 4 nitrogen and oxygen atoms in total. The summed E-state index contributed by atoms with van der Waals surface area (Å²) < 4.78 is 76.7. The summed E-state index contributed by atoms with van der Waals surface area (Å²) in [6, 6.07) is 0.513. The number of rotatable bonds is 3. The normalized spacial score (nSPS) is 12.3. The van der Waals surface area contributed by atoms with E-state index >= 15 is 0 Å². The summed E-state index contributed by atoms with van der Waals surface area (Å²) in [5.41, 5.74) is -2.32. The first-order chi connectivity index (χ1) is 8.90. The molecule has 20 heavy (non-hydrogen) atoms. The summed E-state index contributed by atoms with van der Waals surface area (Å²) in [6.07, 6.45) is -11.2. The van der Waals surface area contributed by atoms with Gasteiger partial charge in [0.25, 0.3) is 0 Å². The van der Waals surface area contributed by atoms with E-state index in [1.807, 2.05) is 0 Å². The molecule has 11 heteroatoms. The maximum atomic E-state index is 12.6. The Hall–Kier alpha value is -1.27. The second-order valence-corrected chi connectivity index (χ2v) is 4.47. The van der Waals surface area contributed by atoms with Gasteiger partial charge in [0.2, 0.25) is 0 Å². The zero-order chi connectivity index (χ0) is 15.7. The topological polar surface area (TPSA) is 59.4 Å². The van der Waals surface area contributed by atoms with Crippen LogP contribution < -0.4 is 4.74 Å². The average Bonchev–Trinajstić information content (AvgIpc) is 2.17.